The molecule has 24 heavy (non-hydrogen) atoms. The lowest BCUT2D eigenvalue weighted by molar-refractivity contribution is 0.0804. The largest absolute Gasteiger partial charge is 0.377 e. The fourth-order valence-corrected chi connectivity index (χ4v) is 3.55. The SMILES string of the molecule is C=C(CC(O)(c1ccc(Cl)nc1)c1nc2ccccc2s1)N=[N+]=[N-]. The van der Waals surface area contributed by atoms with Crippen LogP contribution in [-0.2, 0) is 5.60 Å². The summed E-state index contributed by atoms with van der Waals surface area (Å²) in [5, 5.41) is 15.6. The van der Waals surface area contributed by atoms with Crippen molar-refractivity contribution in [3.05, 3.63) is 81.0 Å². The first-order chi connectivity index (χ1) is 11.5. The molecule has 0 saturated carbocycles. The molecule has 0 saturated heterocycles. The topological polar surface area (TPSA) is 94.8 Å². The number of pyridine rings is 1. The zero-order valence-corrected chi connectivity index (χ0v) is 14.0. The van der Waals surface area contributed by atoms with Gasteiger partial charge in [0.25, 0.3) is 0 Å². The number of hydrogen-bond acceptors (Lipinski definition) is 5. The summed E-state index contributed by atoms with van der Waals surface area (Å²) in [6.45, 7) is 3.70. The Morgan fingerprint density at radius 2 is 2.17 bits per heavy atom. The Morgan fingerprint density at radius 1 is 1.38 bits per heavy atom. The van der Waals surface area contributed by atoms with E-state index in [2.05, 4.69) is 26.6 Å². The maximum atomic E-state index is 11.4. The van der Waals surface area contributed by atoms with Crippen molar-refractivity contribution in [3.8, 4) is 0 Å². The van der Waals surface area contributed by atoms with Crippen LogP contribution in [0, 0.1) is 0 Å². The van der Waals surface area contributed by atoms with Gasteiger partial charge in [0.2, 0.25) is 0 Å². The van der Waals surface area contributed by atoms with Crippen molar-refractivity contribution in [2.45, 2.75) is 12.0 Å². The third-order valence-electron chi connectivity index (χ3n) is 3.50. The second-order valence-corrected chi connectivity index (χ2v) is 6.57. The highest BCUT2D eigenvalue weighted by Gasteiger charge is 2.36. The molecule has 120 valence electrons. The molecule has 3 aromatic rings. The molecule has 0 radical (unpaired) electrons. The van der Waals surface area contributed by atoms with E-state index < -0.39 is 5.60 Å². The molecule has 1 aromatic carbocycles. The van der Waals surface area contributed by atoms with Gasteiger partial charge >= 0.3 is 0 Å². The summed E-state index contributed by atoms with van der Waals surface area (Å²) in [6.07, 6.45) is 1.48. The van der Waals surface area contributed by atoms with E-state index in [0.717, 1.165) is 10.2 Å². The van der Waals surface area contributed by atoms with Crippen LogP contribution in [0.4, 0.5) is 0 Å². The number of aromatic nitrogens is 2. The first-order valence-corrected chi connectivity index (χ1v) is 8.16. The lowest BCUT2D eigenvalue weighted by atomic mass is 9.91. The van der Waals surface area contributed by atoms with Crippen LogP contribution in [0.5, 0.6) is 0 Å². The minimum atomic E-state index is -1.51. The summed E-state index contributed by atoms with van der Waals surface area (Å²) in [7, 11) is 0. The second-order valence-electron chi connectivity index (χ2n) is 5.15. The Hall–Kier alpha value is -2.44. The molecule has 1 unspecified atom stereocenters. The molecule has 0 amide bonds. The highest BCUT2D eigenvalue weighted by molar-refractivity contribution is 7.18. The van der Waals surface area contributed by atoms with Crippen LogP contribution in [0.1, 0.15) is 17.0 Å². The third kappa shape index (κ3) is 3.11. The molecular formula is C16H12ClN5OS. The molecule has 1 N–H and O–H groups in total. The van der Waals surface area contributed by atoms with Crippen LogP contribution in [0.15, 0.2) is 60.0 Å². The Morgan fingerprint density at radius 3 is 2.83 bits per heavy atom. The van der Waals surface area contributed by atoms with E-state index in [4.69, 9.17) is 17.1 Å². The van der Waals surface area contributed by atoms with Gasteiger partial charge in [0.05, 0.1) is 10.2 Å². The van der Waals surface area contributed by atoms with Gasteiger partial charge in [0.15, 0.2) is 0 Å². The molecule has 0 bridgehead atoms. The van der Waals surface area contributed by atoms with Crippen molar-refractivity contribution >= 4 is 33.2 Å². The van der Waals surface area contributed by atoms with Crippen molar-refractivity contribution < 1.29 is 5.11 Å². The van der Waals surface area contributed by atoms with E-state index in [1.54, 1.807) is 12.1 Å². The van der Waals surface area contributed by atoms with Crippen molar-refractivity contribution in [1.29, 1.82) is 0 Å². The minimum absolute atomic E-state index is 0.000193. The molecule has 2 aromatic heterocycles. The van der Waals surface area contributed by atoms with Gasteiger partial charge in [0.1, 0.15) is 15.8 Å². The summed E-state index contributed by atoms with van der Waals surface area (Å²) >= 11 is 7.20. The molecule has 2 heterocycles. The molecule has 8 heteroatoms. The molecule has 0 spiro atoms. The first-order valence-electron chi connectivity index (χ1n) is 6.96. The predicted molar refractivity (Wildman–Crippen MR) is 94.8 cm³/mol. The lowest BCUT2D eigenvalue weighted by Gasteiger charge is -2.26. The standard InChI is InChI=1S/C16H12ClN5OS/c1-10(21-22-18)8-16(23,11-6-7-14(17)19-9-11)15-20-12-4-2-3-5-13(12)24-15/h2-7,9,23H,1,8H2. The van der Waals surface area contributed by atoms with Crippen LogP contribution in [0.2, 0.25) is 5.15 Å². The number of thiazole rings is 1. The lowest BCUT2D eigenvalue weighted by Crippen LogP contribution is -2.27. The highest BCUT2D eigenvalue weighted by atomic mass is 35.5. The number of azide groups is 1. The van der Waals surface area contributed by atoms with E-state index >= 15 is 0 Å². The molecule has 0 fully saturated rings. The normalized spacial score (nSPS) is 13.2. The van der Waals surface area contributed by atoms with Gasteiger partial charge < -0.3 is 5.11 Å². The highest BCUT2D eigenvalue weighted by Crippen LogP contribution is 2.39. The van der Waals surface area contributed by atoms with E-state index in [9.17, 15) is 5.11 Å². The second kappa shape index (κ2) is 6.59. The number of benzene rings is 1. The molecule has 1 atom stereocenters. The first kappa shape index (κ1) is 16.4. The van der Waals surface area contributed by atoms with Gasteiger partial charge in [-0.25, -0.2) is 9.97 Å². The number of aliphatic hydroxyl groups is 1. The van der Waals surface area contributed by atoms with Crippen LogP contribution >= 0.6 is 22.9 Å². The van der Waals surface area contributed by atoms with E-state index in [-0.39, 0.29) is 12.1 Å². The fraction of sp³-hybridized carbons (Fsp3) is 0.125. The minimum Gasteiger partial charge on any atom is -0.377 e. The monoisotopic (exact) mass is 357 g/mol. The number of fused-ring (bicyclic) bond motifs is 1. The maximum Gasteiger partial charge on any atom is 0.146 e. The summed E-state index contributed by atoms with van der Waals surface area (Å²) in [5.74, 6) is 0. The predicted octanol–water partition coefficient (Wildman–Crippen LogP) is 4.79. The number of nitrogens with zero attached hydrogens (tertiary/aromatic N) is 5. The zero-order chi connectivity index (χ0) is 17.2. The Kier molecular flexibility index (Phi) is 4.51. The average molecular weight is 358 g/mol. The van der Waals surface area contributed by atoms with E-state index in [1.807, 2.05) is 24.3 Å². The zero-order valence-electron chi connectivity index (χ0n) is 12.4. The Balaban J connectivity index is 2.14. The van der Waals surface area contributed by atoms with Gasteiger partial charge in [-0.3, -0.25) is 0 Å². The Labute approximate surface area is 146 Å². The van der Waals surface area contributed by atoms with Crippen LogP contribution in [-0.4, -0.2) is 15.1 Å². The molecule has 3 rings (SSSR count). The molecular weight excluding hydrogens is 346 g/mol. The third-order valence-corrected chi connectivity index (χ3v) is 4.91. The summed E-state index contributed by atoms with van der Waals surface area (Å²) in [6, 6.07) is 10.9. The molecule has 0 aliphatic rings. The van der Waals surface area contributed by atoms with Gasteiger partial charge in [-0.15, -0.1) is 11.3 Å². The molecule has 0 aliphatic heterocycles. The quantitative estimate of drug-likeness (QED) is 0.307. The number of hydrogen-bond donors (Lipinski definition) is 1. The van der Waals surface area contributed by atoms with Crippen LogP contribution in [0.3, 0.4) is 0 Å². The van der Waals surface area contributed by atoms with Crippen LogP contribution < -0.4 is 0 Å². The summed E-state index contributed by atoms with van der Waals surface area (Å²) in [4.78, 5) is 11.3. The van der Waals surface area contributed by atoms with Gasteiger partial charge in [-0.05, 0) is 23.7 Å². The number of rotatable bonds is 5. The summed E-state index contributed by atoms with van der Waals surface area (Å²) in [5.41, 5.74) is 8.58. The van der Waals surface area contributed by atoms with Crippen molar-refractivity contribution in [3.63, 3.8) is 0 Å². The van der Waals surface area contributed by atoms with Crippen LogP contribution in [0.25, 0.3) is 20.7 Å². The van der Waals surface area contributed by atoms with Crippen molar-refractivity contribution in [2.24, 2.45) is 5.11 Å². The van der Waals surface area contributed by atoms with Crippen molar-refractivity contribution in [2.75, 3.05) is 0 Å². The number of para-hydroxylation sites is 1. The maximum absolute atomic E-state index is 11.4. The van der Waals surface area contributed by atoms with Gasteiger partial charge in [0, 0.05) is 28.8 Å². The fourth-order valence-electron chi connectivity index (χ4n) is 2.36. The Bertz CT molecular complexity index is 916. The van der Waals surface area contributed by atoms with E-state index in [0.29, 0.717) is 15.7 Å². The van der Waals surface area contributed by atoms with Gasteiger partial charge in [-0.1, -0.05) is 41.5 Å². The average Bonchev–Trinajstić information content (AvgIpc) is 3.00. The van der Waals surface area contributed by atoms with Gasteiger partial charge in [-0.2, -0.15) is 0 Å². The smallest absolute Gasteiger partial charge is 0.146 e. The summed E-state index contributed by atoms with van der Waals surface area (Å²) < 4.78 is 0.947. The molecule has 6 nitrogen and oxygen atoms in total. The van der Waals surface area contributed by atoms with Crippen molar-refractivity contribution in [1.82, 2.24) is 9.97 Å². The number of halogens is 1. The molecule has 0 aliphatic carbocycles. The van der Waals surface area contributed by atoms with E-state index in [1.165, 1.54) is 17.5 Å².